The van der Waals surface area contributed by atoms with Crippen LogP contribution in [-0.2, 0) is 4.74 Å². The van der Waals surface area contributed by atoms with Crippen LogP contribution in [0.2, 0.25) is 0 Å². The Hall–Kier alpha value is -2.55. The number of nitrogens with one attached hydrogen (secondary N) is 1. The van der Waals surface area contributed by atoms with Gasteiger partial charge < -0.3 is 14.6 Å². The maximum Gasteiger partial charge on any atom is 0.414 e. The average Bonchev–Trinajstić information content (AvgIpc) is 3.11. The van der Waals surface area contributed by atoms with Crippen LogP contribution in [0.25, 0.3) is 11.5 Å². The number of hydrogen-bond donors (Lipinski definition) is 1. The second-order valence-corrected chi connectivity index (χ2v) is 5.98. The van der Waals surface area contributed by atoms with Gasteiger partial charge in [-0.05, 0) is 32.0 Å². The Labute approximate surface area is 142 Å². The van der Waals surface area contributed by atoms with Gasteiger partial charge in [0.1, 0.15) is 11.9 Å². The molecule has 1 fully saturated rings. The molecular formula is C15H15FN4O3S. The van der Waals surface area contributed by atoms with Crippen molar-refractivity contribution < 1.29 is 18.4 Å². The first kappa shape index (κ1) is 16.3. The van der Waals surface area contributed by atoms with Gasteiger partial charge in [0.15, 0.2) is 5.82 Å². The number of nitrogens with zero attached hydrogens (tertiary/aromatic N) is 3. The van der Waals surface area contributed by atoms with Crippen molar-refractivity contribution in [2.24, 2.45) is 0 Å². The Balaban J connectivity index is 1.77. The fourth-order valence-electron chi connectivity index (χ4n) is 2.35. The van der Waals surface area contributed by atoms with Gasteiger partial charge in [0.05, 0.1) is 29.3 Å². The zero-order valence-electron chi connectivity index (χ0n) is 13.1. The minimum absolute atomic E-state index is 0.0964. The van der Waals surface area contributed by atoms with Crippen molar-refractivity contribution in [2.75, 3.05) is 18.0 Å². The number of hydrogen-bond acceptors (Lipinski definition) is 6. The molecule has 0 saturated carbocycles. The van der Waals surface area contributed by atoms with Crippen LogP contribution in [0.4, 0.5) is 14.9 Å². The van der Waals surface area contributed by atoms with Crippen molar-refractivity contribution in [2.45, 2.75) is 20.0 Å². The maximum atomic E-state index is 14.3. The predicted molar refractivity (Wildman–Crippen MR) is 88.3 cm³/mol. The smallest absolute Gasteiger partial charge is 0.414 e. The van der Waals surface area contributed by atoms with E-state index in [-0.39, 0.29) is 17.6 Å². The molecule has 1 saturated heterocycles. The van der Waals surface area contributed by atoms with E-state index in [1.807, 2.05) is 0 Å². The molecule has 0 radical (unpaired) electrons. The fourth-order valence-corrected chi connectivity index (χ4v) is 2.43. The van der Waals surface area contributed by atoms with Gasteiger partial charge in [0.25, 0.3) is 5.89 Å². The molecule has 1 aromatic carbocycles. The van der Waals surface area contributed by atoms with Crippen LogP contribution in [0, 0.1) is 12.7 Å². The number of ether oxygens (including phenoxy) is 1. The summed E-state index contributed by atoms with van der Waals surface area (Å²) in [7, 11) is 0. The lowest BCUT2D eigenvalue weighted by Gasteiger charge is -2.14. The van der Waals surface area contributed by atoms with E-state index in [1.54, 1.807) is 19.9 Å². The molecule has 1 amide bonds. The van der Waals surface area contributed by atoms with Crippen molar-refractivity contribution in [3.05, 3.63) is 29.8 Å². The molecule has 1 aliphatic heterocycles. The first-order valence-electron chi connectivity index (χ1n) is 7.27. The number of aryl methyl sites for hydroxylation is 1. The third kappa shape index (κ3) is 3.35. The molecule has 24 heavy (non-hydrogen) atoms. The van der Waals surface area contributed by atoms with Crippen molar-refractivity contribution in [3.63, 3.8) is 0 Å². The van der Waals surface area contributed by atoms with E-state index in [1.165, 1.54) is 17.0 Å². The summed E-state index contributed by atoms with van der Waals surface area (Å²) in [4.78, 5) is 18.0. The lowest BCUT2D eigenvalue weighted by molar-refractivity contribution is 0.143. The van der Waals surface area contributed by atoms with E-state index in [2.05, 4.69) is 15.5 Å². The Morgan fingerprint density at radius 1 is 1.54 bits per heavy atom. The standard InChI is InChI=1S/C15H15FN4O3S/c1-8-18-14(23-19-8)12-4-3-10(5-13(12)16)20-7-11(22-15(20)21)6-17-9(2)24/h3-5,11H,6-7H2,1-2H3,(H,17,24)/t11-/m1/s1. The summed E-state index contributed by atoms with van der Waals surface area (Å²) in [6.07, 6.45) is -0.874. The molecule has 1 aliphatic rings. The van der Waals surface area contributed by atoms with Gasteiger partial charge in [-0.3, -0.25) is 4.90 Å². The van der Waals surface area contributed by atoms with Crippen LogP contribution in [0.1, 0.15) is 12.7 Å². The second-order valence-electron chi connectivity index (χ2n) is 5.36. The molecular weight excluding hydrogens is 335 g/mol. The average molecular weight is 350 g/mol. The van der Waals surface area contributed by atoms with E-state index >= 15 is 0 Å². The lowest BCUT2D eigenvalue weighted by atomic mass is 10.1. The van der Waals surface area contributed by atoms with E-state index in [4.69, 9.17) is 21.5 Å². The van der Waals surface area contributed by atoms with Crippen molar-refractivity contribution in [1.82, 2.24) is 15.5 Å². The molecule has 1 aromatic heterocycles. The van der Waals surface area contributed by atoms with Crippen LogP contribution in [0.5, 0.6) is 0 Å². The zero-order valence-corrected chi connectivity index (χ0v) is 13.9. The minimum atomic E-state index is -0.555. The number of halogens is 1. The van der Waals surface area contributed by atoms with Crippen LogP contribution >= 0.6 is 12.2 Å². The summed E-state index contributed by atoms with van der Waals surface area (Å²) < 4.78 is 24.5. The molecule has 1 N–H and O–H groups in total. The number of carbonyl (C=O) groups is 1. The Morgan fingerprint density at radius 2 is 2.33 bits per heavy atom. The highest BCUT2D eigenvalue weighted by atomic mass is 32.1. The first-order chi connectivity index (χ1) is 11.4. The minimum Gasteiger partial charge on any atom is -0.442 e. The highest BCUT2D eigenvalue weighted by Crippen LogP contribution is 2.28. The number of carbonyl (C=O) groups excluding carboxylic acids is 1. The van der Waals surface area contributed by atoms with Crippen molar-refractivity contribution in [1.29, 1.82) is 0 Å². The van der Waals surface area contributed by atoms with Crippen molar-refractivity contribution in [3.8, 4) is 11.5 Å². The molecule has 0 aliphatic carbocycles. The molecule has 7 nitrogen and oxygen atoms in total. The number of anilines is 1. The summed E-state index contributed by atoms with van der Waals surface area (Å²) in [5.41, 5.74) is 0.584. The van der Waals surface area contributed by atoms with Gasteiger partial charge in [-0.2, -0.15) is 4.98 Å². The second kappa shape index (κ2) is 6.52. The van der Waals surface area contributed by atoms with E-state index in [0.717, 1.165) is 0 Å². The molecule has 0 spiro atoms. The summed E-state index contributed by atoms with van der Waals surface area (Å²) in [5, 5.41) is 6.59. The summed E-state index contributed by atoms with van der Waals surface area (Å²) in [6, 6.07) is 4.35. The number of benzene rings is 1. The first-order valence-corrected chi connectivity index (χ1v) is 7.67. The van der Waals surface area contributed by atoms with Gasteiger partial charge in [-0.25, -0.2) is 9.18 Å². The highest BCUT2D eigenvalue weighted by molar-refractivity contribution is 7.80. The van der Waals surface area contributed by atoms with Crippen LogP contribution in [-0.4, -0.2) is 40.4 Å². The van der Waals surface area contributed by atoms with Gasteiger partial charge in [-0.1, -0.05) is 17.4 Å². The monoisotopic (exact) mass is 350 g/mol. The number of amides is 1. The third-order valence-electron chi connectivity index (χ3n) is 3.48. The molecule has 0 unspecified atom stereocenters. The number of cyclic esters (lactones) is 1. The van der Waals surface area contributed by atoms with E-state index in [9.17, 15) is 9.18 Å². The van der Waals surface area contributed by atoms with Crippen molar-refractivity contribution >= 4 is 29.0 Å². The molecule has 2 heterocycles. The molecule has 126 valence electrons. The SMILES string of the molecule is CC(=S)NC[C@@H]1CN(c2ccc(-c3nc(C)no3)c(F)c2)C(=O)O1. The van der Waals surface area contributed by atoms with Crippen LogP contribution in [0.3, 0.4) is 0 Å². The van der Waals surface area contributed by atoms with Crippen LogP contribution in [0.15, 0.2) is 22.7 Å². The summed E-state index contributed by atoms with van der Waals surface area (Å²) in [5.74, 6) is -0.0416. The summed E-state index contributed by atoms with van der Waals surface area (Å²) >= 11 is 4.93. The topological polar surface area (TPSA) is 80.5 Å². The van der Waals surface area contributed by atoms with Gasteiger partial charge >= 0.3 is 6.09 Å². The highest BCUT2D eigenvalue weighted by Gasteiger charge is 2.32. The molecule has 3 rings (SSSR count). The molecule has 9 heteroatoms. The summed E-state index contributed by atoms with van der Waals surface area (Å²) in [6.45, 7) is 4.12. The lowest BCUT2D eigenvalue weighted by Crippen LogP contribution is -2.32. The van der Waals surface area contributed by atoms with Gasteiger partial charge in [0, 0.05) is 0 Å². The predicted octanol–water partition coefficient (Wildman–Crippen LogP) is 2.45. The largest absolute Gasteiger partial charge is 0.442 e. The molecule has 0 bridgehead atoms. The fraction of sp³-hybridized carbons (Fsp3) is 0.333. The van der Waals surface area contributed by atoms with Crippen LogP contribution < -0.4 is 10.2 Å². The van der Waals surface area contributed by atoms with E-state index in [0.29, 0.717) is 29.6 Å². The molecule has 2 aromatic rings. The Morgan fingerprint density at radius 3 is 2.96 bits per heavy atom. The number of aromatic nitrogens is 2. The third-order valence-corrected chi connectivity index (χ3v) is 3.62. The zero-order chi connectivity index (χ0) is 17.3. The quantitative estimate of drug-likeness (QED) is 0.848. The van der Waals surface area contributed by atoms with Gasteiger partial charge in [-0.15, -0.1) is 0 Å². The van der Waals surface area contributed by atoms with E-state index < -0.39 is 11.9 Å². The van der Waals surface area contributed by atoms with Gasteiger partial charge in [0.2, 0.25) is 0 Å². The molecule has 1 atom stereocenters. The Kier molecular flexibility index (Phi) is 4.43. The normalized spacial score (nSPS) is 17.0. The number of rotatable bonds is 4. The Bertz CT molecular complexity index is 795. The number of thiocarbonyl (C=S) groups is 1. The maximum absolute atomic E-state index is 14.3.